The van der Waals surface area contributed by atoms with E-state index in [-0.39, 0.29) is 16.8 Å². The smallest absolute Gasteiger partial charge is 0.329 e. The number of halogens is 3. The Balaban J connectivity index is 1.89. The molecule has 2 N–H and O–H groups in total. The Kier molecular flexibility index (Phi) is 5.18. The summed E-state index contributed by atoms with van der Waals surface area (Å²) in [6, 6.07) is 3.49. The van der Waals surface area contributed by atoms with Gasteiger partial charge in [-0.2, -0.15) is 5.26 Å². The van der Waals surface area contributed by atoms with Gasteiger partial charge in [0.2, 0.25) is 5.91 Å². The number of hydrogen-bond donors (Lipinski definition) is 2. The molecule has 3 rings (SSSR count). The van der Waals surface area contributed by atoms with Crippen LogP contribution in [0.15, 0.2) is 34.0 Å². The second-order valence-electron chi connectivity index (χ2n) is 6.10. The molecule has 0 aliphatic heterocycles. The van der Waals surface area contributed by atoms with Crippen LogP contribution in [0.25, 0.3) is 10.9 Å². The van der Waals surface area contributed by atoms with E-state index in [1.807, 2.05) is 0 Å². The van der Waals surface area contributed by atoms with Crippen molar-refractivity contribution >= 4 is 16.8 Å². The van der Waals surface area contributed by atoms with E-state index in [9.17, 15) is 27.6 Å². The maximum atomic E-state index is 14.0. The minimum atomic E-state index is -1.45. The molecule has 0 aliphatic carbocycles. The van der Waals surface area contributed by atoms with E-state index >= 15 is 0 Å². The van der Waals surface area contributed by atoms with E-state index in [0.29, 0.717) is 4.57 Å². The highest BCUT2D eigenvalue weighted by atomic mass is 19.2. The molecule has 0 saturated carbocycles. The molecule has 0 bridgehead atoms. The summed E-state index contributed by atoms with van der Waals surface area (Å²) in [6.07, 6.45) is 1.12. The van der Waals surface area contributed by atoms with Crippen LogP contribution < -0.4 is 16.6 Å². The number of aromatic amines is 1. The predicted octanol–water partition coefficient (Wildman–Crippen LogP) is 1.25. The van der Waals surface area contributed by atoms with Gasteiger partial charge in [0.1, 0.15) is 23.8 Å². The Bertz CT molecular complexity index is 1290. The topological polar surface area (TPSA) is 121 Å². The number of nitrogens with one attached hydrogen (secondary N) is 2. The Labute approximate surface area is 160 Å². The lowest BCUT2D eigenvalue weighted by Crippen LogP contribution is -2.41. The van der Waals surface area contributed by atoms with Gasteiger partial charge in [-0.15, -0.1) is 0 Å². The van der Waals surface area contributed by atoms with Crippen LogP contribution in [-0.4, -0.2) is 20.4 Å². The van der Waals surface area contributed by atoms with Crippen LogP contribution in [0.5, 0.6) is 0 Å². The van der Waals surface area contributed by atoms with Crippen LogP contribution in [0.2, 0.25) is 0 Å². The zero-order valence-corrected chi connectivity index (χ0v) is 14.8. The largest absolute Gasteiger partial charge is 0.346 e. The van der Waals surface area contributed by atoms with Crippen LogP contribution in [0.3, 0.4) is 0 Å². The molecule has 3 aromatic rings. The van der Waals surface area contributed by atoms with E-state index < -0.39 is 52.6 Å². The first-order valence-electron chi connectivity index (χ1n) is 8.18. The molecule has 1 aromatic carbocycles. The van der Waals surface area contributed by atoms with Crippen molar-refractivity contribution in [1.29, 1.82) is 5.26 Å². The highest BCUT2D eigenvalue weighted by molar-refractivity contribution is 5.79. The summed E-state index contributed by atoms with van der Waals surface area (Å²) < 4.78 is 41.8. The molecule has 0 aliphatic rings. The number of pyridine rings is 1. The van der Waals surface area contributed by atoms with Crippen molar-refractivity contribution in [3.63, 3.8) is 0 Å². The summed E-state index contributed by atoms with van der Waals surface area (Å²) in [6.45, 7) is 0.583. The lowest BCUT2D eigenvalue weighted by Gasteiger charge is -2.15. The summed E-state index contributed by atoms with van der Waals surface area (Å²) >= 11 is 0. The van der Waals surface area contributed by atoms with Crippen molar-refractivity contribution in [2.24, 2.45) is 0 Å². The summed E-state index contributed by atoms with van der Waals surface area (Å²) in [5.74, 6) is -4.43. The number of nitrogens with zero attached hydrogens (tertiary/aromatic N) is 3. The normalized spacial score (nSPS) is 11.8. The molecule has 8 nitrogen and oxygen atoms in total. The molecule has 148 valence electrons. The van der Waals surface area contributed by atoms with Crippen LogP contribution in [0, 0.1) is 28.8 Å². The van der Waals surface area contributed by atoms with Gasteiger partial charge in [-0.25, -0.2) is 18.0 Å². The molecule has 11 heteroatoms. The number of hydrogen-bond acceptors (Lipinski definition) is 5. The van der Waals surface area contributed by atoms with Crippen LogP contribution in [-0.2, 0) is 11.3 Å². The second kappa shape index (κ2) is 7.59. The lowest BCUT2D eigenvalue weighted by molar-refractivity contribution is -0.122. The minimum absolute atomic E-state index is 0.00622. The van der Waals surface area contributed by atoms with Gasteiger partial charge in [0, 0.05) is 6.20 Å². The number of aromatic nitrogens is 3. The summed E-state index contributed by atoms with van der Waals surface area (Å²) in [5.41, 5.74) is -2.57. The zero-order valence-electron chi connectivity index (χ0n) is 14.8. The highest BCUT2D eigenvalue weighted by Gasteiger charge is 2.19. The molecule has 1 amide bonds. The van der Waals surface area contributed by atoms with Gasteiger partial charge >= 0.3 is 5.69 Å². The number of benzene rings is 1. The van der Waals surface area contributed by atoms with Crippen LogP contribution in [0.4, 0.5) is 13.2 Å². The minimum Gasteiger partial charge on any atom is -0.346 e. The van der Waals surface area contributed by atoms with Crippen LogP contribution >= 0.6 is 0 Å². The van der Waals surface area contributed by atoms with E-state index in [1.165, 1.54) is 6.92 Å². The number of nitriles is 1. The summed E-state index contributed by atoms with van der Waals surface area (Å²) in [7, 11) is 0. The number of amides is 1. The molecule has 0 radical (unpaired) electrons. The maximum absolute atomic E-state index is 14.0. The van der Waals surface area contributed by atoms with Gasteiger partial charge in [-0.3, -0.25) is 19.1 Å². The zero-order chi connectivity index (χ0) is 21.3. The van der Waals surface area contributed by atoms with Crippen molar-refractivity contribution in [2.75, 3.05) is 0 Å². The Morgan fingerprint density at radius 1 is 1.31 bits per heavy atom. The molecule has 0 saturated heterocycles. The number of rotatable bonds is 4. The molecular formula is C18H12F3N5O3. The molecule has 0 fully saturated rings. The van der Waals surface area contributed by atoms with Crippen molar-refractivity contribution in [1.82, 2.24) is 19.9 Å². The molecule has 29 heavy (non-hydrogen) atoms. The first-order valence-corrected chi connectivity index (χ1v) is 8.18. The Hall–Kier alpha value is -3.94. The third-order valence-electron chi connectivity index (χ3n) is 4.13. The fourth-order valence-corrected chi connectivity index (χ4v) is 2.74. The number of carbonyl (C=O) groups is 1. The van der Waals surface area contributed by atoms with E-state index in [2.05, 4.69) is 15.3 Å². The van der Waals surface area contributed by atoms with E-state index in [1.54, 1.807) is 6.07 Å². The lowest BCUT2D eigenvalue weighted by atomic mass is 10.1. The first kappa shape index (κ1) is 19.8. The third kappa shape index (κ3) is 3.73. The monoisotopic (exact) mass is 403 g/mol. The number of H-pyrrole nitrogens is 1. The summed E-state index contributed by atoms with van der Waals surface area (Å²) in [4.78, 5) is 42.7. The molecular weight excluding hydrogens is 391 g/mol. The fraction of sp³-hybridized carbons (Fsp3) is 0.167. The van der Waals surface area contributed by atoms with Gasteiger partial charge in [-0.05, 0) is 25.1 Å². The number of carbonyl (C=O) groups excluding carboxylic acids is 1. The SMILES string of the molecule is C[C@@H](NC(=O)Cn1c(=O)[nH]c2ccc(F)c(F)c2c1=O)c1ncc(C#N)cc1F. The second-order valence-corrected chi connectivity index (χ2v) is 6.10. The number of fused-ring (bicyclic) bond motifs is 1. The summed E-state index contributed by atoms with van der Waals surface area (Å²) in [5, 5.41) is 10.4. The molecule has 2 aromatic heterocycles. The average Bonchev–Trinajstić information content (AvgIpc) is 2.67. The van der Waals surface area contributed by atoms with E-state index in [0.717, 1.165) is 24.4 Å². The highest BCUT2D eigenvalue weighted by Crippen LogP contribution is 2.15. The maximum Gasteiger partial charge on any atom is 0.329 e. The van der Waals surface area contributed by atoms with Gasteiger partial charge in [0.15, 0.2) is 11.6 Å². The van der Waals surface area contributed by atoms with Crippen molar-refractivity contribution in [3.05, 3.63) is 73.9 Å². The standard InChI is InChI=1S/C18H12F3N5O3/c1-8(16-11(20)4-9(5-22)6-23-16)24-13(27)7-26-17(28)14-12(25-18(26)29)3-2-10(19)15(14)21/h2-4,6,8H,7H2,1H3,(H,24,27)(H,25,29)/t8-/m1/s1. The fourth-order valence-electron chi connectivity index (χ4n) is 2.74. The Morgan fingerprint density at radius 2 is 2.03 bits per heavy atom. The van der Waals surface area contributed by atoms with Gasteiger partial charge in [0.25, 0.3) is 5.56 Å². The van der Waals surface area contributed by atoms with Crippen molar-refractivity contribution < 1.29 is 18.0 Å². The quantitative estimate of drug-likeness (QED) is 0.679. The van der Waals surface area contributed by atoms with Gasteiger partial charge in [0.05, 0.1) is 22.8 Å². The Morgan fingerprint density at radius 3 is 2.69 bits per heavy atom. The predicted molar refractivity (Wildman–Crippen MR) is 94.2 cm³/mol. The van der Waals surface area contributed by atoms with Crippen LogP contribution in [0.1, 0.15) is 24.2 Å². The van der Waals surface area contributed by atoms with Crippen molar-refractivity contribution in [2.45, 2.75) is 19.5 Å². The molecule has 1 atom stereocenters. The first-order chi connectivity index (χ1) is 13.7. The van der Waals surface area contributed by atoms with E-state index in [4.69, 9.17) is 5.26 Å². The van der Waals surface area contributed by atoms with Gasteiger partial charge < -0.3 is 10.3 Å². The van der Waals surface area contributed by atoms with Crippen molar-refractivity contribution in [3.8, 4) is 6.07 Å². The molecule has 0 spiro atoms. The molecule has 0 unspecified atom stereocenters. The van der Waals surface area contributed by atoms with Gasteiger partial charge in [-0.1, -0.05) is 0 Å². The average molecular weight is 403 g/mol. The third-order valence-corrected chi connectivity index (χ3v) is 4.13. The molecule has 2 heterocycles.